The quantitative estimate of drug-likeness (QED) is 0.407. The first-order valence-corrected chi connectivity index (χ1v) is 10.8. The predicted molar refractivity (Wildman–Crippen MR) is 121 cm³/mol. The van der Waals surface area contributed by atoms with E-state index in [1.54, 1.807) is 18.2 Å². The molecule has 1 fully saturated rings. The monoisotopic (exact) mass is 437 g/mol. The molecule has 168 valence electrons. The first kappa shape index (κ1) is 21.9. The minimum atomic E-state index is -0.459. The van der Waals surface area contributed by atoms with Crippen molar-refractivity contribution in [2.75, 3.05) is 39.4 Å². The fourth-order valence-electron chi connectivity index (χ4n) is 4.02. The number of para-hydroxylation sites is 3. The Bertz CT molecular complexity index is 1090. The highest BCUT2D eigenvalue weighted by atomic mass is 16.6. The zero-order valence-electron chi connectivity index (χ0n) is 17.9. The number of rotatable bonds is 9. The topological polar surface area (TPSA) is 103 Å². The Morgan fingerprint density at radius 1 is 1.09 bits per heavy atom. The number of nitro benzene ring substituents is 1. The maximum absolute atomic E-state index is 12.4. The van der Waals surface area contributed by atoms with Crippen LogP contribution in [0.1, 0.15) is 11.4 Å². The van der Waals surface area contributed by atoms with Crippen LogP contribution in [-0.2, 0) is 28.9 Å². The van der Waals surface area contributed by atoms with Gasteiger partial charge in [-0.25, -0.2) is 4.98 Å². The number of carbonyl (C=O) groups is 1. The Labute approximate surface area is 186 Å². The van der Waals surface area contributed by atoms with E-state index < -0.39 is 4.92 Å². The van der Waals surface area contributed by atoms with Crippen LogP contribution in [0.15, 0.2) is 48.5 Å². The molecule has 1 saturated heterocycles. The van der Waals surface area contributed by atoms with E-state index in [-0.39, 0.29) is 18.0 Å². The third-order valence-electron chi connectivity index (χ3n) is 5.69. The third-order valence-corrected chi connectivity index (χ3v) is 5.69. The van der Waals surface area contributed by atoms with Crippen LogP contribution < -0.4 is 5.32 Å². The Balaban J connectivity index is 1.38. The number of fused-ring (bicyclic) bond motifs is 1. The molecule has 0 atom stereocenters. The van der Waals surface area contributed by atoms with E-state index in [4.69, 9.17) is 9.72 Å². The molecule has 2 aromatic carbocycles. The molecule has 1 aliphatic heterocycles. The standard InChI is InChI=1S/C23H27N5O4/c29-23(17-18-5-1-3-7-20(18)28(30)31)24-10-9-22-25-19-6-2-4-8-21(19)27(22)12-11-26-13-15-32-16-14-26/h1-8H,9-17H2,(H,24,29). The van der Waals surface area contributed by atoms with Gasteiger partial charge in [0, 0.05) is 50.8 Å². The SMILES string of the molecule is O=C(Cc1ccccc1[N+](=O)[O-])NCCc1nc2ccccc2n1CCN1CCOCC1. The van der Waals surface area contributed by atoms with Crippen molar-refractivity contribution in [3.8, 4) is 0 Å². The van der Waals surface area contributed by atoms with E-state index >= 15 is 0 Å². The van der Waals surface area contributed by atoms with Crippen molar-refractivity contribution >= 4 is 22.6 Å². The highest BCUT2D eigenvalue weighted by molar-refractivity contribution is 5.80. The lowest BCUT2D eigenvalue weighted by molar-refractivity contribution is -0.385. The number of carbonyl (C=O) groups excluding carboxylic acids is 1. The van der Waals surface area contributed by atoms with Gasteiger partial charge in [0.2, 0.25) is 5.91 Å². The Hall–Kier alpha value is -3.30. The van der Waals surface area contributed by atoms with Gasteiger partial charge in [0.1, 0.15) is 5.82 Å². The van der Waals surface area contributed by atoms with Crippen LogP contribution in [0, 0.1) is 10.1 Å². The van der Waals surface area contributed by atoms with Gasteiger partial charge in [0.15, 0.2) is 0 Å². The number of amides is 1. The summed E-state index contributed by atoms with van der Waals surface area (Å²) >= 11 is 0. The molecule has 0 saturated carbocycles. The van der Waals surface area contributed by atoms with Crippen LogP contribution in [0.2, 0.25) is 0 Å². The highest BCUT2D eigenvalue weighted by Crippen LogP contribution is 2.19. The van der Waals surface area contributed by atoms with Crippen molar-refractivity contribution in [3.05, 3.63) is 70.0 Å². The number of nitro groups is 1. The fourth-order valence-corrected chi connectivity index (χ4v) is 4.02. The molecule has 9 heteroatoms. The number of ether oxygens (including phenoxy) is 1. The summed E-state index contributed by atoms with van der Waals surface area (Å²) in [6.45, 7) is 5.56. The van der Waals surface area contributed by atoms with Crippen LogP contribution in [0.5, 0.6) is 0 Å². The van der Waals surface area contributed by atoms with Gasteiger partial charge in [-0.15, -0.1) is 0 Å². The maximum atomic E-state index is 12.4. The van der Waals surface area contributed by atoms with Crippen LogP contribution >= 0.6 is 0 Å². The fraction of sp³-hybridized carbons (Fsp3) is 0.391. The molecule has 0 spiro atoms. The summed E-state index contributed by atoms with van der Waals surface area (Å²) < 4.78 is 7.65. The van der Waals surface area contributed by atoms with E-state index in [1.165, 1.54) is 6.07 Å². The largest absolute Gasteiger partial charge is 0.379 e. The molecule has 1 N–H and O–H groups in total. The van der Waals surface area contributed by atoms with E-state index in [0.717, 1.165) is 56.3 Å². The van der Waals surface area contributed by atoms with E-state index in [1.807, 2.05) is 18.2 Å². The van der Waals surface area contributed by atoms with Gasteiger partial charge in [0.25, 0.3) is 5.69 Å². The minimum Gasteiger partial charge on any atom is -0.379 e. The number of benzene rings is 2. The van der Waals surface area contributed by atoms with Crippen molar-refractivity contribution in [2.45, 2.75) is 19.4 Å². The molecule has 0 radical (unpaired) electrons. The van der Waals surface area contributed by atoms with Gasteiger partial charge >= 0.3 is 0 Å². The summed E-state index contributed by atoms with van der Waals surface area (Å²) in [5.41, 5.74) is 2.40. The number of imidazole rings is 1. The van der Waals surface area contributed by atoms with Crippen molar-refractivity contribution in [1.82, 2.24) is 19.8 Å². The number of aromatic nitrogens is 2. The van der Waals surface area contributed by atoms with Crippen LogP contribution in [0.25, 0.3) is 11.0 Å². The second-order valence-electron chi connectivity index (χ2n) is 7.78. The molecular formula is C23H27N5O4. The highest BCUT2D eigenvalue weighted by Gasteiger charge is 2.17. The molecule has 9 nitrogen and oxygen atoms in total. The molecule has 1 aromatic heterocycles. The predicted octanol–water partition coefficient (Wildman–Crippen LogP) is 2.18. The zero-order valence-corrected chi connectivity index (χ0v) is 17.9. The van der Waals surface area contributed by atoms with Crippen LogP contribution in [0.4, 0.5) is 5.69 Å². The first-order valence-electron chi connectivity index (χ1n) is 10.8. The number of hydrogen-bond donors (Lipinski definition) is 1. The molecule has 32 heavy (non-hydrogen) atoms. The molecule has 3 aromatic rings. The second-order valence-corrected chi connectivity index (χ2v) is 7.78. The van der Waals surface area contributed by atoms with Gasteiger partial charge in [-0.2, -0.15) is 0 Å². The normalized spacial score (nSPS) is 14.5. The number of nitrogens with zero attached hydrogens (tertiary/aromatic N) is 4. The van der Waals surface area contributed by atoms with Crippen molar-refractivity contribution in [3.63, 3.8) is 0 Å². The minimum absolute atomic E-state index is 0.0232. The summed E-state index contributed by atoms with van der Waals surface area (Å²) in [5.74, 6) is 0.681. The molecule has 0 aliphatic carbocycles. The van der Waals surface area contributed by atoms with Crippen molar-refractivity contribution in [2.24, 2.45) is 0 Å². The van der Waals surface area contributed by atoms with Gasteiger partial charge in [-0.05, 0) is 12.1 Å². The number of nitrogens with one attached hydrogen (secondary N) is 1. The second kappa shape index (κ2) is 10.3. The summed E-state index contributed by atoms with van der Waals surface area (Å²) in [5, 5.41) is 14.0. The zero-order chi connectivity index (χ0) is 22.3. The molecular weight excluding hydrogens is 410 g/mol. The van der Waals surface area contributed by atoms with Gasteiger partial charge in [-0.1, -0.05) is 30.3 Å². The van der Waals surface area contributed by atoms with Crippen molar-refractivity contribution < 1.29 is 14.5 Å². The lowest BCUT2D eigenvalue weighted by atomic mass is 10.1. The van der Waals surface area contributed by atoms with Gasteiger partial charge < -0.3 is 14.6 Å². The summed E-state index contributed by atoms with van der Waals surface area (Å²) in [6.07, 6.45) is 0.561. The molecule has 2 heterocycles. The summed E-state index contributed by atoms with van der Waals surface area (Å²) in [4.78, 5) is 30.2. The molecule has 0 bridgehead atoms. The Kier molecular flexibility index (Phi) is 7.08. The van der Waals surface area contributed by atoms with E-state index in [2.05, 4.69) is 20.9 Å². The Morgan fingerprint density at radius 2 is 1.84 bits per heavy atom. The lowest BCUT2D eigenvalue weighted by Crippen LogP contribution is -2.38. The van der Waals surface area contributed by atoms with Gasteiger partial charge in [0.05, 0.1) is 35.6 Å². The summed E-state index contributed by atoms with van der Waals surface area (Å²) in [6, 6.07) is 14.4. The van der Waals surface area contributed by atoms with Crippen molar-refractivity contribution in [1.29, 1.82) is 0 Å². The van der Waals surface area contributed by atoms with E-state index in [0.29, 0.717) is 18.5 Å². The molecule has 1 aliphatic rings. The maximum Gasteiger partial charge on any atom is 0.273 e. The summed E-state index contributed by atoms with van der Waals surface area (Å²) in [7, 11) is 0. The number of hydrogen-bond acceptors (Lipinski definition) is 6. The van der Waals surface area contributed by atoms with Crippen LogP contribution in [0.3, 0.4) is 0 Å². The smallest absolute Gasteiger partial charge is 0.273 e. The van der Waals surface area contributed by atoms with Crippen LogP contribution in [-0.4, -0.2) is 64.7 Å². The average Bonchev–Trinajstić information content (AvgIpc) is 3.16. The average molecular weight is 438 g/mol. The van der Waals surface area contributed by atoms with Gasteiger partial charge in [-0.3, -0.25) is 19.8 Å². The van der Waals surface area contributed by atoms with E-state index in [9.17, 15) is 14.9 Å². The molecule has 1 amide bonds. The first-order chi connectivity index (χ1) is 15.6. The molecule has 4 rings (SSSR count). The third kappa shape index (κ3) is 5.30. The molecule has 0 unspecified atom stereocenters. The number of morpholine rings is 1. The lowest BCUT2D eigenvalue weighted by Gasteiger charge is -2.27. The Morgan fingerprint density at radius 3 is 2.66 bits per heavy atom.